The molecule has 6 heteroatoms. The van der Waals surface area contributed by atoms with Gasteiger partial charge in [0.05, 0.1) is 13.7 Å². The Kier molecular flexibility index (Phi) is 5.05. The normalized spacial score (nSPS) is 17.2. The van der Waals surface area contributed by atoms with E-state index in [1.807, 2.05) is 24.3 Å². The van der Waals surface area contributed by atoms with Gasteiger partial charge in [-0.25, -0.2) is 0 Å². The molecule has 1 aromatic heterocycles. The van der Waals surface area contributed by atoms with Gasteiger partial charge < -0.3 is 14.4 Å². The van der Waals surface area contributed by atoms with Crippen molar-refractivity contribution < 1.29 is 14.3 Å². The molecule has 0 aliphatic carbocycles. The minimum absolute atomic E-state index is 0.0175. The zero-order chi connectivity index (χ0) is 16.8. The van der Waals surface area contributed by atoms with Crippen molar-refractivity contribution in [3.8, 4) is 11.6 Å². The maximum absolute atomic E-state index is 12.3. The Labute approximate surface area is 140 Å². The van der Waals surface area contributed by atoms with Gasteiger partial charge in [-0.05, 0) is 29.8 Å². The SMILES string of the molecule is COc1ccc(C=CC(=O)N2CCC(Oc3cccnn3)C2)cc1. The fourth-order valence-electron chi connectivity index (χ4n) is 2.53. The summed E-state index contributed by atoms with van der Waals surface area (Å²) in [7, 11) is 1.63. The number of carbonyl (C=O) groups is 1. The molecule has 24 heavy (non-hydrogen) atoms. The van der Waals surface area contributed by atoms with Crippen LogP contribution in [0.1, 0.15) is 12.0 Å². The summed E-state index contributed by atoms with van der Waals surface area (Å²) >= 11 is 0. The van der Waals surface area contributed by atoms with Gasteiger partial charge in [-0.15, -0.1) is 5.10 Å². The van der Waals surface area contributed by atoms with Crippen LogP contribution >= 0.6 is 0 Å². The second kappa shape index (κ2) is 7.59. The van der Waals surface area contributed by atoms with Crippen LogP contribution in [-0.2, 0) is 4.79 Å². The van der Waals surface area contributed by atoms with Gasteiger partial charge in [0.1, 0.15) is 11.9 Å². The minimum atomic E-state index is -0.0416. The van der Waals surface area contributed by atoms with Gasteiger partial charge in [0.15, 0.2) is 0 Å². The van der Waals surface area contributed by atoms with Gasteiger partial charge >= 0.3 is 0 Å². The van der Waals surface area contributed by atoms with Crippen molar-refractivity contribution in [2.75, 3.05) is 20.2 Å². The molecule has 1 unspecified atom stereocenters. The fourth-order valence-corrected chi connectivity index (χ4v) is 2.53. The van der Waals surface area contributed by atoms with E-state index < -0.39 is 0 Å². The van der Waals surface area contributed by atoms with E-state index in [9.17, 15) is 4.79 Å². The molecule has 2 heterocycles. The number of nitrogens with zero attached hydrogens (tertiary/aromatic N) is 3. The number of ether oxygens (including phenoxy) is 2. The number of likely N-dealkylation sites (tertiary alicyclic amines) is 1. The van der Waals surface area contributed by atoms with Gasteiger partial charge in [-0.2, -0.15) is 5.10 Å². The fraction of sp³-hybridized carbons (Fsp3) is 0.278. The molecule has 3 rings (SSSR count). The van der Waals surface area contributed by atoms with Crippen molar-refractivity contribution in [2.45, 2.75) is 12.5 Å². The predicted molar refractivity (Wildman–Crippen MR) is 89.7 cm³/mol. The summed E-state index contributed by atoms with van der Waals surface area (Å²) in [6, 6.07) is 11.1. The quantitative estimate of drug-likeness (QED) is 0.788. The van der Waals surface area contributed by atoms with Crippen LogP contribution in [0.25, 0.3) is 6.08 Å². The van der Waals surface area contributed by atoms with Crippen LogP contribution in [0.3, 0.4) is 0 Å². The van der Waals surface area contributed by atoms with Crippen LogP contribution < -0.4 is 9.47 Å². The summed E-state index contributed by atoms with van der Waals surface area (Å²) in [6.07, 6.45) is 5.74. The third kappa shape index (κ3) is 4.10. The smallest absolute Gasteiger partial charge is 0.246 e. The van der Waals surface area contributed by atoms with E-state index in [-0.39, 0.29) is 12.0 Å². The van der Waals surface area contributed by atoms with Crippen LogP contribution in [0.4, 0.5) is 0 Å². The highest BCUT2D eigenvalue weighted by Gasteiger charge is 2.26. The van der Waals surface area contributed by atoms with Gasteiger partial charge in [-0.1, -0.05) is 12.1 Å². The molecule has 1 fully saturated rings. The molecule has 1 aliphatic heterocycles. The molecule has 2 aromatic rings. The van der Waals surface area contributed by atoms with Crippen molar-refractivity contribution in [1.82, 2.24) is 15.1 Å². The predicted octanol–water partition coefficient (Wildman–Crippen LogP) is 2.18. The van der Waals surface area contributed by atoms with E-state index in [4.69, 9.17) is 9.47 Å². The molecule has 1 saturated heterocycles. The number of aromatic nitrogens is 2. The molecule has 1 atom stereocenters. The molecule has 0 N–H and O–H groups in total. The first-order chi connectivity index (χ1) is 11.7. The summed E-state index contributed by atoms with van der Waals surface area (Å²) in [5, 5.41) is 7.68. The second-order valence-corrected chi connectivity index (χ2v) is 5.48. The average molecular weight is 325 g/mol. The van der Waals surface area contributed by atoms with Crippen molar-refractivity contribution in [1.29, 1.82) is 0 Å². The van der Waals surface area contributed by atoms with E-state index in [0.29, 0.717) is 19.0 Å². The summed E-state index contributed by atoms with van der Waals surface area (Å²) in [5.74, 6) is 1.27. The van der Waals surface area contributed by atoms with Gasteiger partial charge in [-0.3, -0.25) is 4.79 Å². The van der Waals surface area contributed by atoms with Gasteiger partial charge in [0.2, 0.25) is 11.8 Å². The lowest BCUT2D eigenvalue weighted by atomic mass is 10.2. The summed E-state index contributed by atoms with van der Waals surface area (Å²) in [6.45, 7) is 1.24. The molecule has 0 radical (unpaired) electrons. The molecule has 1 amide bonds. The van der Waals surface area contributed by atoms with Gasteiger partial charge in [0, 0.05) is 31.3 Å². The minimum Gasteiger partial charge on any atom is -0.497 e. The average Bonchev–Trinajstić information content (AvgIpc) is 3.09. The van der Waals surface area contributed by atoms with Crippen LogP contribution in [-0.4, -0.2) is 47.3 Å². The van der Waals surface area contributed by atoms with Crippen LogP contribution in [0, 0.1) is 0 Å². The van der Waals surface area contributed by atoms with Crippen LogP contribution in [0.2, 0.25) is 0 Å². The second-order valence-electron chi connectivity index (χ2n) is 5.48. The summed E-state index contributed by atoms with van der Waals surface area (Å²) in [4.78, 5) is 14.0. The first-order valence-electron chi connectivity index (χ1n) is 7.80. The Morgan fingerprint density at radius 1 is 1.29 bits per heavy atom. The molecular formula is C18H19N3O3. The Morgan fingerprint density at radius 2 is 2.12 bits per heavy atom. The standard InChI is InChI=1S/C18H19N3O3/c1-23-15-7-4-14(5-8-15)6-9-18(22)21-12-10-16(13-21)24-17-3-2-11-19-20-17/h2-9,11,16H,10,12-13H2,1H3. The summed E-state index contributed by atoms with van der Waals surface area (Å²) < 4.78 is 10.9. The van der Waals surface area contributed by atoms with Gasteiger partial charge in [0.25, 0.3) is 0 Å². The molecule has 1 aliphatic rings. The third-order valence-corrected chi connectivity index (χ3v) is 3.83. The number of benzene rings is 1. The third-order valence-electron chi connectivity index (χ3n) is 3.83. The lowest BCUT2D eigenvalue weighted by molar-refractivity contribution is -0.125. The molecule has 0 spiro atoms. The molecule has 0 bridgehead atoms. The zero-order valence-corrected chi connectivity index (χ0v) is 13.5. The largest absolute Gasteiger partial charge is 0.497 e. The van der Waals surface area contributed by atoms with E-state index in [2.05, 4.69) is 10.2 Å². The van der Waals surface area contributed by atoms with Crippen LogP contribution in [0.5, 0.6) is 11.6 Å². The highest BCUT2D eigenvalue weighted by Crippen LogP contribution is 2.17. The monoisotopic (exact) mass is 325 g/mol. The molecular weight excluding hydrogens is 306 g/mol. The maximum atomic E-state index is 12.3. The number of hydrogen-bond acceptors (Lipinski definition) is 5. The Morgan fingerprint density at radius 3 is 2.83 bits per heavy atom. The Hall–Kier alpha value is -2.89. The van der Waals surface area contributed by atoms with Crippen molar-refractivity contribution in [3.63, 3.8) is 0 Å². The van der Waals surface area contributed by atoms with E-state index in [1.165, 1.54) is 0 Å². The first-order valence-corrected chi connectivity index (χ1v) is 7.80. The Bertz CT molecular complexity index is 701. The number of amides is 1. The molecule has 1 aromatic carbocycles. The lowest BCUT2D eigenvalue weighted by Crippen LogP contribution is -2.29. The van der Waals surface area contributed by atoms with Crippen molar-refractivity contribution in [2.24, 2.45) is 0 Å². The van der Waals surface area contributed by atoms with Crippen molar-refractivity contribution >= 4 is 12.0 Å². The van der Waals surface area contributed by atoms with E-state index >= 15 is 0 Å². The number of rotatable bonds is 5. The van der Waals surface area contributed by atoms with E-state index in [1.54, 1.807) is 42.5 Å². The highest BCUT2D eigenvalue weighted by atomic mass is 16.5. The highest BCUT2D eigenvalue weighted by molar-refractivity contribution is 5.92. The number of carbonyl (C=O) groups excluding carboxylic acids is 1. The topological polar surface area (TPSA) is 64.5 Å². The number of methoxy groups -OCH3 is 1. The number of hydrogen-bond donors (Lipinski definition) is 0. The lowest BCUT2D eigenvalue weighted by Gasteiger charge is -2.15. The zero-order valence-electron chi connectivity index (χ0n) is 13.5. The van der Waals surface area contributed by atoms with E-state index in [0.717, 1.165) is 17.7 Å². The first kappa shape index (κ1) is 16.0. The van der Waals surface area contributed by atoms with Crippen LogP contribution in [0.15, 0.2) is 48.7 Å². The molecule has 6 nitrogen and oxygen atoms in total. The molecule has 0 saturated carbocycles. The molecule has 124 valence electrons. The van der Waals surface area contributed by atoms with Crippen molar-refractivity contribution in [3.05, 3.63) is 54.2 Å². The Balaban J connectivity index is 1.53. The maximum Gasteiger partial charge on any atom is 0.246 e. The summed E-state index contributed by atoms with van der Waals surface area (Å²) in [5.41, 5.74) is 0.954.